The third kappa shape index (κ3) is 11.7. The molecule has 0 fully saturated rings. The summed E-state index contributed by atoms with van der Waals surface area (Å²) in [6, 6.07) is 11.3. The Morgan fingerprint density at radius 2 is 1.42 bits per heavy atom. The fourth-order valence-corrected chi connectivity index (χ4v) is 4.58. The molecule has 0 radical (unpaired) electrons. The highest BCUT2D eigenvalue weighted by Gasteiger charge is 2.37. The molecule has 3 atom stereocenters. The van der Waals surface area contributed by atoms with E-state index in [0.717, 1.165) is 16.7 Å². The van der Waals surface area contributed by atoms with Crippen LogP contribution < -0.4 is 10.6 Å². The van der Waals surface area contributed by atoms with Gasteiger partial charge in [-0.2, -0.15) is 0 Å². The SMILES string of the molecule is Cc1cc(C)cc(C(C(=O)NC(Cc2ccccc2)C(=O)OC(C)(C)C)N(CCO)C(=O)C(C)NC(=O)OC(C)(C)C)c1. The molecule has 2 rings (SSSR count). The van der Waals surface area contributed by atoms with Crippen LogP contribution in [0.5, 0.6) is 0 Å². The molecule has 0 saturated carbocycles. The second kappa shape index (κ2) is 15.0. The molecule has 10 nitrogen and oxygen atoms in total. The van der Waals surface area contributed by atoms with Gasteiger partial charge in [0.05, 0.1) is 6.61 Å². The highest BCUT2D eigenvalue weighted by molar-refractivity contribution is 5.94. The second-order valence-electron chi connectivity index (χ2n) is 12.7. The molecule has 10 heteroatoms. The molecule has 3 amide bonds. The van der Waals surface area contributed by atoms with Gasteiger partial charge in [0.25, 0.3) is 0 Å². The monoisotopic (exact) mass is 597 g/mol. The van der Waals surface area contributed by atoms with Crippen molar-refractivity contribution in [1.29, 1.82) is 0 Å². The smallest absolute Gasteiger partial charge is 0.408 e. The number of hydrogen-bond donors (Lipinski definition) is 3. The standard InChI is InChI=1S/C33H47N3O7/c1-21-17-22(2)19-25(18-21)27(36(15-16-37)29(39)23(3)34-31(41)43-33(7,8)9)28(38)35-26(30(40)42-32(4,5)6)20-24-13-11-10-12-14-24/h10-14,17-19,23,26-27,37H,15-16,20H2,1-9H3,(H,34,41)(H,35,38). The number of alkyl carbamates (subject to hydrolysis) is 1. The van der Waals surface area contributed by atoms with Crippen molar-refractivity contribution in [3.05, 3.63) is 70.8 Å². The summed E-state index contributed by atoms with van der Waals surface area (Å²) in [5.74, 6) is -1.87. The zero-order valence-corrected chi connectivity index (χ0v) is 26.8. The lowest BCUT2D eigenvalue weighted by atomic mass is 9.97. The number of aliphatic hydroxyl groups excluding tert-OH is 1. The minimum absolute atomic E-state index is 0.158. The number of hydrogen-bond acceptors (Lipinski definition) is 7. The average molecular weight is 598 g/mol. The highest BCUT2D eigenvalue weighted by Crippen LogP contribution is 2.25. The number of aliphatic hydroxyl groups is 1. The summed E-state index contributed by atoms with van der Waals surface area (Å²) in [4.78, 5) is 54.9. The van der Waals surface area contributed by atoms with Gasteiger partial charge in [-0.1, -0.05) is 59.7 Å². The maximum Gasteiger partial charge on any atom is 0.408 e. The van der Waals surface area contributed by atoms with Gasteiger partial charge in [-0.3, -0.25) is 9.59 Å². The summed E-state index contributed by atoms with van der Waals surface area (Å²) in [6.07, 6.45) is -0.636. The molecule has 0 aromatic heterocycles. The number of nitrogens with zero attached hydrogens (tertiary/aromatic N) is 1. The van der Waals surface area contributed by atoms with Crippen LogP contribution in [-0.4, -0.2) is 70.3 Å². The minimum atomic E-state index is -1.23. The van der Waals surface area contributed by atoms with E-state index in [1.165, 1.54) is 11.8 Å². The Kier molecular flexibility index (Phi) is 12.3. The Hall–Kier alpha value is -3.92. The third-order valence-electron chi connectivity index (χ3n) is 6.14. The molecule has 3 N–H and O–H groups in total. The quantitative estimate of drug-likeness (QED) is 0.331. The van der Waals surface area contributed by atoms with Crippen LogP contribution in [0.2, 0.25) is 0 Å². The third-order valence-corrected chi connectivity index (χ3v) is 6.14. The molecule has 2 aromatic rings. The molecule has 2 aromatic carbocycles. The first-order chi connectivity index (χ1) is 19.9. The van der Waals surface area contributed by atoms with Crippen LogP contribution in [0.25, 0.3) is 0 Å². The molecule has 0 spiro atoms. The van der Waals surface area contributed by atoms with E-state index >= 15 is 0 Å². The van der Waals surface area contributed by atoms with E-state index in [-0.39, 0.29) is 13.0 Å². The first kappa shape index (κ1) is 35.3. The van der Waals surface area contributed by atoms with E-state index in [9.17, 15) is 24.3 Å². The summed E-state index contributed by atoms with van der Waals surface area (Å²) in [5, 5.41) is 15.3. The predicted molar refractivity (Wildman–Crippen MR) is 164 cm³/mol. The number of ether oxygens (including phenoxy) is 2. The van der Waals surface area contributed by atoms with Crippen LogP contribution in [0.1, 0.15) is 76.8 Å². The zero-order chi connectivity index (χ0) is 32.5. The van der Waals surface area contributed by atoms with Gasteiger partial charge >= 0.3 is 12.1 Å². The van der Waals surface area contributed by atoms with Crippen LogP contribution in [0, 0.1) is 13.8 Å². The first-order valence-electron chi connectivity index (χ1n) is 14.5. The minimum Gasteiger partial charge on any atom is -0.458 e. The van der Waals surface area contributed by atoms with E-state index < -0.39 is 59.8 Å². The van der Waals surface area contributed by atoms with Crippen molar-refractivity contribution >= 4 is 23.9 Å². The lowest BCUT2D eigenvalue weighted by Crippen LogP contribution is -2.54. The molecular weight excluding hydrogens is 550 g/mol. The van der Waals surface area contributed by atoms with Gasteiger partial charge in [-0.05, 0) is 73.4 Å². The normalized spacial score (nSPS) is 13.7. The van der Waals surface area contributed by atoms with Crippen molar-refractivity contribution in [1.82, 2.24) is 15.5 Å². The lowest BCUT2D eigenvalue weighted by molar-refractivity contribution is -0.159. The number of rotatable bonds is 11. The van der Waals surface area contributed by atoms with Gasteiger partial charge in [-0.25, -0.2) is 9.59 Å². The molecule has 236 valence electrons. The number of amides is 3. The molecule has 3 unspecified atom stereocenters. The Labute approximate surface area is 255 Å². The number of benzene rings is 2. The van der Waals surface area contributed by atoms with E-state index in [4.69, 9.17) is 9.47 Å². The lowest BCUT2D eigenvalue weighted by Gasteiger charge is -2.34. The van der Waals surface area contributed by atoms with Crippen molar-refractivity contribution in [2.24, 2.45) is 0 Å². The predicted octanol–water partition coefficient (Wildman–Crippen LogP) is 4.15. The van der Waals surface area contributed by atoms with Crippen molar-refractivity contribution < 1.29 is 33.8 Å². The van der Waals surface area contributed by atoms with Gasteiger partial charge in [0.2, 0.25) is 11.8 Å². The number of carbonyl (C=O) groups is 4. The van der Waals surface area contributed by atoms with Gasteiger partial charge < -0.3 is 30.1 Å². The summed E-state index contributed by atoms with van der Waals surface area (Å²) in [5.41, 5.74) is 1.43. The summed E-state index contributed by atoms with van der Waals surface area (Å²) >= 11 is 0. The Bertz CT molecular complexity index is 1250. The highest BCUT2D eigenvalue weighted by atomic mass is 16.6. The summed E-state index contributed by atoms with van der Waals surface area (Å²) in [6.45, 7) is 14.9. The molecule has 0 aliphatic carbocycles. The van der Waals surface area contributed by atoms with Crippen molar-refractivity contribution in [2.45, 2.75) is 98.1 Å². The van der Waals surface area contributed by atoms with Gasteiger partial charge in [0, 0.05) is 13.0 Å². The molecule has 43 heavy (non-hydrogen) atoms. The van der Waals surface area contributed by atoms with E-state index in [1.807, 2.05) is 50.2 Å². The number of esters is 1. The topological polar surface area (TPSA) is 134 Å². The van der Waals surface area contributed by atoms with Crippen molar-refractivity contribution in [2.75, 3.05) is 13.2 Å². The first-order valence-corrected chi connectivity index (χ1v) is 14.5. The molecule has 0 bridgehead atoms. The van der Waals surface area contributed by atoms with Crippen LogP contribution >= 0.6 is 0 Å². The van der Waals surface area contributed by atoms with Gasteiger partial charge in [0.1, 0.15) is 29.3 Å². The largest absolute Gasteiger partial charge is 0.458 e. The van der Waals surface area contributed by atoms with E-state index in [1.54, 1.807) is 53.7 Å². The molecule has 0 aliphatic heterocycles. The second-order valence-corrected chi connectivity index (χ2v) is 12.7. The Morgan fingerprint density at radius 3 is 1.93 bits per heavy atom. The summed E-state index contributed by atoms with van der Waals surface area (Å²) < 4.78 is 10.9. The fourth-order valence-electron chi connectivity index (χ4n) is 4.58. The maximum atomic E-state index is 14.2. The number of nitrogens with one attached hydrogen (secondary N) is 2. The molecule has 0 heterocycles. The number of carbonyl (C=O) groups excluding carboxylic acids is 4. The Morgan fingerprint density at radius 1 is 0.860 bits per heavy atom. The summed E-state index contributed by atoms with van der Waals surface area (Å²) in [7, 11) is 0. The van der Waals surface area contributed by atoms with Crippen molar-refractivity contribution in [3.8, 4) is 0 Å². The van der Waals surface area contributed by atoms with Crippen LogP contribution in [0.15, 0.2) is 48.5 Å². The van der Waals surface area contributed by atoms with Gasteiger partial charge in [-0.15, -0.1) is 0 Å². The van der Waals surface area contributed by atoms with Crippen LogP contribution in [-0.2, 0) is 30.3 Å². The molecule has 0 aliphatic rings. The van der Waals surface area contributed by atoms with Crippen LogP contribution in [0.4, 0.5) is 4.79 Å². The van der Waals surface area contributed by atoms with E-state index in [2.05, 4.69) is 10.6 Å². The van der Waals surface area contributed by atoms with Gasteiger partial charge in [0.15, 0.2) is 0 Å². The Balaban J connectivity index is 2.53. The molecule has 0 saturated heterocycles. The maximum absolute atomic E-state index is 14.2. The average Bonchev–Trinajstić information content (AvgIpc) is 2.85. The zero-order valence-electron chi connectivity index (χ0n) is 26.8. The fraction of sp³-hybridized carbons (Fsp3) is 0.515. The van der Waals surface area contributed by atoms with Crippen molar-refractivity contribution in [3.63, 3.8) is 0 Å². The molecular formula is C33H47N3O7. The van der Waals surface area contributed by atoms with E-state index in [0.29, 0.717) is 5.56 Å². The van der Waals surface area contributed by atoms with Crippen LogP contribution in [0.3, 0.4) is 0 Å². The number of aryl methyl sites for hydroxylation is 2.